The molecule has 0 radical (unpaired) electrons. The first-order valence-electron chi connectivity index (χ1n) is 6.87. The van der Waals surface area contributed by atoms with Gasteiger partial charge in [0.05, 0.1) is 0 Å². The second-order valence-electron chi connectivity index (χ2n) is 5.58. The number of rotatable bonds is 6. The van der Waals surface area contributed by atoms with Gasteiger partial charge in [-0.3, -0.25) is 0 Å². The van der Waals surface area contributed by atoms with Gasteiger partial charge in [-0.25, -0.2) is 0 Å². The van der Waals surface area contributed by atoms with E-state index in [4.69, 9.17) is 5.73 Å². The number of halogens is 1. The second kappa shape index (κ2) is 6.07. The SMILES string of the molecule is CC(C)CCN(c1cc(Br)ccc1CN)C1CC1. The van der Waals surface area contributed by atoms with E-state index in [0.717, 1.165) is 23.0 Å². The minimum Gasteiger partial charge on any atom is -0.368 e. The van der Waals surface area contributed by atoms with Crippen molar-refractivity contribution in [2.24, 2.45) is 11.7 Å². The molecule has 2 nitrogen and oxygen atoms in total. The number of hydrogen-bond acceptors (Lipinski definition) is 2. The zero-order valence-electron chi connectivity index (χ0n) is 11.3. The monoisotopic (exact) mass is 310 g/mol. The number of nitrogens with zero attached hydrogens (tertiary/aromatic N) is 1. The molecule has 0 aromatic heterocycles. The predicted molar refractivity (Wildman–Crippen MR) is 81.9 cm³/mol. The molecule has 0 bridgehead atoms. The number of hydrogen-bond donors (Lipinski definition) is 1. The van der Waals surface area contributed by atoms with E-state index in [1.165, 1.54) is 30.5 Å². The smallest absolute Gasteiger partial charge is 0.0425 e. The van der Waals surface area contributed by atoms with Crippen LogP contribution < -0.4 is 10.6 Å². The van der Waals surface area contributed by atoms with Crippen LogP contribution in [0.4, 0.5) is 5.69 Å². The van der Waals surface area contributed by atoms with Crippen LogP contribution >= 0.6 is 15.9 Å². The largest absolute Gasteiger partial charge is 0.368 e. The third-order valence-corrected chi connectivity index (χ3v) is 4.00. The van der Waals surface area contributed by atoms with Gasteiger partial charge in [0.1, 0.15) is 0 Å². The van der Waals surface area contributed by atoms with Crippen LogP contribution in [0.2, 0.25) is 0 Å². The summed E-state index contributed by atoms with van der Waals surface area (Å²) in [5.41, 5.74) is 8.46. The van der Waals surface area contributed by atoms with Gasteiger partial charge < -0.3 is 10.6 Å². The third-order valence-electron chi connectivity index (χ3n) is 3.51. The maximum atomic E-state index is 5.87. The molecular formula is C15H23BrN2. The van der Waals surface area contributed by atoms with Gasteiger partial charge in [-0.1, -0.05) is 35.8 Å². The van der Waals surface area contributed by atoms with E-state index in [1.807, 2.05) is 0 Å². The summed E-state index contributed by atoms with van der Waals surface area (Å²) in [5, 5.41) is 0. The zero-order chi connectivity index (χ0) is 13.1. The third kappa shape index (κ3) is 3.48. The number of benzene rings is 1. The van der Waals surface area contributed by atoms with E-state index in [-0.39, 0.29) is 0 Å². The van der Waals surface area contributed by atoms with E-state index in [0.29, 0.717) is 6.54 Å². The normalized spacial score (nSPS) is 15.2. The Morgan fingerprint density at radius 2 is 2.11 bits per heavy atom. The van der Waals surface area contributed by atoms with E-state index < -0.39 is 0 Å². The Bertz CT molecular complexity index is 399. The Labute approximate surface area is 119 Å². The fourth-order valence-electron chi connectivity index (χ4n) is 2.26. The van der Waals surface area contributed by atoms with Crippen LogP contribution in [-0.2, 0) is 6.54 Å². The lowest BCUT2D eigenvalue weighted by Crippen LogP contribution is -2.29. The van der Waals surface area contributed by atoms with Gasteiger partial charge in [0, 0.05) is 29.3 Å². The predicted octanol–water partition coefficient (Wildman–Crippen LogP) is 3.92. The molecule has 0 unspecified atom stereocenters. The molecule has 2 rings (SSSR count). The van der Waals surface area contributed by atoms with E-state index in [2.05, 4.69) is 52.9 Å². The molecule has 1 aliphatic rings. The average Bonchev–Trinajstić information content (AvgIpc) is 3.14. The summed E-state index contributed by atoms with van der Waals surface area (Å²) >= 11 is 3.58. The molecule has 0 atom stereocenters. The van der Waals surface area contributed by atoms with Crippen molar-refractivity contribution in [3.8, 4) is 0 Å². The Morgan fingerprint density at radius 3 is 2.67 bits per heavy atom. The molecule has 0 heterocycles. The summed E-state index contributed by atoms with van der Waals surface area (Å²) in [6.07, 6.45) is 3.90. The highest BCUT2D eigenvalue weighted by molar-refractivity contribution is 9.10. The van der Waals surface area contributed by atoms with Crippen LogP contribution in [0.3, 0.4) is 0 Å². The lowest BCUT2D eigenvalue weighted by Gasteiger charge is -2.28. The zero-order valence-corrected chi connectivity index (χ0v) is 12.9. The molecule has 1 aromatic rings. The highest BCUT2D eigenvalue weighted by Crippen LogP contribution is 2.35. The molecule has 1 saturated carbocycles. The van der Waals surface area contributed by atoms with Crippen molar-refractivity contribution in [3.05, 3.63) is 28.2 Å². The minimum absolute atomic E-state index is 0.619. The van der Waals surface area contributed by atoms with Gasteiger partial charge in [0.25, 0.3) is 0 Å². The van der Waals surface area contributed by atoms with Crippen LogP contribution in [0, 0.1) is 5.92 Å². The molecule has 0 aliphatic heterocycles. The van der Waals surface area contributed by atoms with Crippen molar-refractivity contribution < 1.29 is 0 Å². The molecule has 3 heteroatoms. The summed E-state index contributed by atoms with van der Waals surface area (Å²) < 4.78 is 1.14. The summed E-state index contributed by atoms with van der Waals surface area (Å²) in [7, 11) is 0. The molecule has 1 fully saturated rings. The van der Waals surface area contributed by atoms with Crippen LogP contribution in [0.1, 0.15) is 38.7 Å². The first-order chi connectivity index (χ1) is 8.61. The molecule has 2 N–H and O–H groups in total. The highest BCUT2D eigenvalue weighted by atomic mass is 79.9. The first kappa shape index (κ1) is 13.9. The fourth-order valence-corrected chi connectivity index (χ4v) is 2.61. The van der Waals surface area contributed by atoms with Crippen LogP contribution in [0.25, 0.3) is 0 Å². The lowest BCUT2D eigenvalue weighted by molar-refractivity contribution is 0.570. The van der Waals surface area contributed by atoms with Crippen molar-refractivity contribution in [2.75, 3.05) is 11.4 Å². The number of anilines is 1. The molecule has 0 spiro atoms. The van der Waals surface area contributed by atoms with Crippen molar-refractivity contribution in [3.63, 3.8) is 0 Å². The Kier molecular flexibility index (Phi) is 4.68. The first-order valence-corrected chi connectivity index (χ1v) is 7.66. The number of nitrogens with two attached hydrogens (primary N) is 1. The van der Waals surface area contributed by atoms with E-state index >= 15 is 0 Å². The molecule has 1 aromatic carbocycles. The lowest BCUT2D eigenvalue weighted by atomic mass is 10.1. The van der Waals surface area contributed by atoms with Crippen LogP contribution in [0.5, 0.6) is 0 Å². The average molecular weight is 311 g/mol. The molecule has 18 heavy (non-hydrogen) atoms. The van der Waals surface area contributed by atoms with Gasteiger partial charge in [-0.2, -0.15) is 0 Å². The van der Waals surface area contributed by atoms with Gasteiger partial charge >= 0.3 is 0 Å². The van der Waals surface area contributed by atoms with Crippen molar-refractivity contribution >= 4 is 21.6 Å². The van der Waals surface area contributed by atoms with Crippen LogP contribution in [0.15, 0.2) is 22.7 Å². The topological polar surface area (TPSA) is 29.3 Å². The standard InChI is InChI=1S/C15H23BrN2/c1-11(2)7-8-18(14-5-6-14)15-9-13(16)4-3-12(15)10-17/h3-4,9,11,14H,5-8,10,17H2,1-2H3. The molecule has 1 aliphatic carbocycles. The van der Waals surface area contributed by atoms with Gasteiger partial charge in [0.2, 0.25) is 0 Å². The van der Waals surface area contributed by atoms with Gasteiger partial charge in [-0.05, 0) is 42.9 Å². The van der Waals surface area contributed by atoms with E-state index in [9.17, 15) is 0 Å². The molecule has 0 amide bonds. The second-order valence-corrected chi connectivity index (χ2v) is 6.50. The Morgan fingerprint density at radius 1 is 1.39 bits per heavy atom. The summed E-state index contributed by atoms with van der Waals surface area (Å²) in [6.45, 7) is 6.34. The summed E-state index contributed by atoms with van der Waals surface area (Å²) in [4.78, 5) is 2.56. The summed E-state index contributed by atoms with van der Waals surface area (Å²) in [6, 6.07) is 7.19. The van der Waals surface area contributed by atoms with E-state index in [1.54, 1.807) is 0 Å². The van der Waals surface area contributed by atoms with Crippen molar-refractivity contribution in [1.29, 1.82) is 0 Å². The Balaban J connectivity index is 2.21. The van der Waals surface area contributed by atoms with Gasteiger partial charge in [-0.15, -0.1) is 0 Å². The molecule has 0 saturated heterocycles. The molecular weight excluding hydrogens is 288 g/mol. The van der Waals surface area contributed by atoms with Crippen molar-refractivity contribution in [1.82, 2.24) is 0 Å². The van der Waals surface area contributed by atoms with Crippen molar-refractivity contribution in [2.45, 2.75) is 45.7 Å². The quantitative estimate of drug-likeness (QED) is 0.862. The highest BCUT2D eigenvalue weighted by Gasteiger charge is 2.30. The maximum Gasteiger partial charge on any atom is 0.0425 e. The Hall–Kier alpha value is -0.540. The minimum atomic E-state index is 0.619. The van der Waals surface area contributed by atoms with Crippen LogP contribution in [-0.4, -0.2) is 12.6 Å². The maximum absolute atomic E-state index is 5.87. The molecule has 100 valence electrons. The fraction of sp³-hybridized carbons (Fsp3) is 0.600. The summed E-state index contributed by atoms with van der Waals surface area (Å²) in [5.74, 6) is 0.750. The van der Waals surface area contributed by atoms with Gasteiger partial charge in [0.15, 0.2) is 0 Å².